The van der Waals surface area contributed by atoms with E-state index in [1.165, 1.54) is 0 Å². The molecule has 0 aliphatic heterocycles. The number of allylic oxidation sites excluding steroid dienone is 3. The summed E-state index contributed by atoms with van der Waals surface area (Å²) in [4.78, 5) is 12.2. The summed E-state index contributed by atoms with van der Waals surface area (Å²) in [6, 6.07) is 26.6. The Morgan fingerprint density at radius 1 is 0.680 bits per heavy atom. The molecule has 0 fully saturated rings. The summed E-state index contributed by atoms with van der Waals surface area (Å²) in [7, 11) is 0. The fourth-order valence-corrected chi connectivity index (χ4v) is 2.28. The summed E-state index contributed by atoms with van der Waals surface area (Å²) in [6.45, 7) is 0. The Morgan fingerprint density at radius 2 is 1.28 bits per heavy atom. The van der Waals surface area contributed by atoms with Crippen molar-refractivity contribution >= 4 is 11.9 Å². The van der Waals surface area contributed by atoms with Gasteiger partial charge in [-0.05, 0) is 48.0 Å². The third-order valence-corrected chi connectivity index (χ3v) is 3.56. The molecular weight excluding hydrogens is 308 g/mol. The van der Waals surface area contributed by atoms with Gasteiger partial charge < -0.3 is 4.74 Å². The van der Waals surface area contributed by atoms with Crippen LogP contribution in [-0.2, 0) is 0 Å². The van der Waals surface area contributed by atoms with Crippen LogP contribution < -0.4 is 4.74 Å². The lowest BCUT2D eigenvalue weighted by atomic mass is 10.1. The van der Waals surface area contributed by atoms with E-state index in [0.29, 0.717) is 11.3 Å². The quantitative estimate of drug-likeness (QED) is 0.319. The topological polar surface area (TPSA) is 26.3 Å². The highest BCUT2D eigenvalue weighted by Gasteiger charge is 2.02. The summed E-state index contributed by atoms with van der Waals surface area (Å²) in [5, 5.41) is 0. The Morgan fingerprint density at radius 3 is 1.96 bits per heavy atom. The number of ketones is 1. The first-order valence-corrected chi connectivity index (χ1v) is 8.08. The van der Waals surface area contributed by atoms with Gasteiger partial charge in [-0.15, -0.1) is 0 Å². The molecule has 0 aromatic heterocycles. The van der Waals surface area contributed by atoms with E-state index in [2.05, 4.69) is 0 Å². The molecule has 0 saturated carbocycles. The van der Waals surface area contributed by atoms with Crippen LogP contribution in [0.15, 0.2) is 103 Å². The predicted molar refractivity (Wildman–Crippen MR) is 102 cm³/mol. The molecule has 0 heterocycles. The molecule has 3 rings (SSSR count). The molecule has 0 radical (unpaired) electrons. The van der Waals surface area contributed by atoms with E-state index in [1.807, 2.05) is 72.8 Å². The van der Waals surface area contributed by atoms with Crippen LogP contribution in [0.1, 0.15) is 15.9 Å². The third-order valence-electron chi connectivity index (χ3n) is 3.56. The minimum Gasteiger partial charge on any atom is -0.457 e. The minimum atomic E-state index is -0.0380. The number of carbonyl (C=O) groups excluding carboxylic acids is 1. The number of hydrogen-bond donors (Lipinski definition) is 0. The zero-order chi connectivity index (χ0) is 17.3. The lowest BCUT2D eigenvalue weighted by Gasteiger charge is -2.05. The maximum atomic E-state index is 12.2. The second kappa shape index (κ2) is 8.46. The zero-order valence-corrected chi connectivity index (χ0v) is 13.7. The van der Waals surface area contributed by atoms with Crippen molar-refractivity contribution in [2.45, 2.75) is 0 Å². The number of para-hydroxylation sites is 1. The highest BCUT2D eigenvalue weighted by atomic mass is 16.5. The van der Waals surface area contributed by atoms with Crippen LogP contribution in [-0.4, -0.2) is 5.78 Å². The predicted octanol–water partition coefficient (Wildman–Crippen LogP) is 5.93. The fourth-order valence-electron chi connectivity index (χ4n) is 2.28. The average Bonchev–Trinajstić information content (AvgIpc) is 2.67. The second-order valence-corrected chi connectivity index (χ2v) is 5.43. The van der Waals surface area contributed by atoms with E-state index in [-0.39, 0.29) is 5.78 Å². The summed E-state index contributed by atoms with van der Waals surface area (Å²) < 4.78 is 5.72. The van der Waals surface area contributed by atoms with E-state index >= 15 is 0 Å². The average molecular weight is 326 g/mol. The SMILES string of the molecule is O=C(/C=C/C=C/c1ccccc1)c1ccc(Oc2ccccc2)cc1. The van der Waals surface area contributed by atoms with Gasteiger partial charge in [0.1, 0.15) is 11.5 Å². The number of ether oxygens (including phenoxy) is 1. The van der Waals surface area contributed by atoms with E-state index in [0.717, 1.165) is 11.3 Å². The van der Waals surface area contributed by atoms with Crippen LogP contribution in [0.3, 0.4) is 0 Å². The number of rotatable bonds is 6. The lowest BCUT2D eigenvalue weighted by Crippen LogP contribution is -1.93. The van der Waals surface area contributed by atoms with Gasteiger partial charge in [0.25, 0.3) is 0 Å². The molecule has 3 aromatic carbocycles. The molecule has 0 spiro atoms. The third kappa shape index (κ3) is 5.05. The van der Waals surface area contributed by atoms with Crippen molar-refractivity contribution in [1.29, 1.82) is 0 Å². The van der Waals surface area contributed by atoms with E-state index in [1.54, 1.807) is 36.4 Å². The van der Waals surface area contributed by atoms with Crippen LogP contribution in [0, 0.1) is 0 Å². The van der Waals surface area contributed by atoms with Crippen LogP contribution >= 0.6 is 0 Å². The minimum absolute atomic E-state index is 0.0380. The van der Waals surface area contributed by atoms with Crippen molar-refractivity contribution in [3.63, 3.8) is 0 Å². The largest absolute Gasteiger partial charge is 0.457 e. The molecule has 0 bridgehead atoms. The first-order chi connectivity index (χ1) is 12.3. The Kier molecular flexibility index (Phi) is 5.57. The van der Waals surface area contributed by atoms with E-state index in [4.69, 9.17) is 4.74 Å². The van der Waals surface area contributed by atoms with Crippen molar-refractivity contribution in [2.75, 3.05) is 0 Å². The summed E-state index contributed by atoms with van der Waals surface area (Å²) >= 11 is 0. The molecular formula is C23H18O2. The second-order valence-electron chi connectivity index (χ2n) is 5.43. The molecule has 0 unspecified atom stereocenters. The van der Waals surface area contributed by atoms with Crippen LogP contribution in [0.2, 0.25) is 0 Å². The van der Waals surface area contributed by atoms with Gasteiger partial charge in [-0.1, -0.05) is 66.8 Å². The van der Waals surface area contributed by atoms with Crippen molar-refractivity contribution in [2.24, 2.45) is 0 Å². The molecule has 3 aromatic rings. The van der Waals surface area contributed by atoms with E-state index in [9.17, 15) is 4.79 Å². The smallest absolute Gasteiger partial charge is 0.185 e. The van der Waals surface area contributed by atoms with Crippen LogP contribution in [0.25, 0.3) is 6.08 Å². The van der Waals surface area contributed by atoms with Gasteiger partial charge in [-0.2, -0.15) is 0 Å². The Labute approximate surface area is 147 Å². The molecule has 0 atom stereocenters. The molecule has 0 N–H and O–H groups in total. The van der Waals surface area contributed by atoms with E-state index < -0.39 is 0 Å². The van der Waals surface area contributed by atoms with Crippen LogP contribution in [0.4, 0.5) is 0 Å². The number of carbonyl (C=O) groups is 1. The van der Waals surface area contributed by atoms with Crippen molar-refractivity contribution in [3.8, 4) is 11.5 Å². The number of benzene rings is 3. The maximum absolute atomic E-state index is 12.2. The van der Waals surface area contributed by atoms with Crippen LogP contribution in [0.5, 0.6) is 11.5 Å². The molecule has 2 nitrogen and oxygen atoms in total. The first-order valence-electron chi connectivity index (χ1n) is 8.08. The molecule has 0 amide bonds. The Bertz CT molecular complexity index is 861. The van der Waals surface area contributed by atoms with Crippen molar-refractivity contribution in [1.82, 2.24) is 0 Å². The molecule has 25 heavy (non-hydrogen) atoms. The van der Waals surface area contributed by atoms with Gasteiger partial charge in [0.2, 0.25) is 0 Å². The lowest BCUT2D eigenvalue weighted by molar-refractivity contribution is 0.104. The summed E-state index contributed by atoms with van der Waals surface area (Å²) in [5.41, 5.74) is 1.73. The summed E-state index contributed by atoms with van der Waals surface area (Å²) in [6.07, 6.45) is 7.14. The highest BCUT2D eigenvalue weighted by molar-refractivity contribution is 6.04. The van der Waals surface area contributed by atoms with Gasteiger partial charge in [0.15, 0.2) is 5.78 Å². The van der Waals surface area contributed by atoms with Gasteiger partial charge in [-0.25, -0.2) is 0 Å². The van der Waals surface area contributed by atoms with Gasteiger partial charge in [0, 0.05) is 5.56 Å². The Balaban J connectivity index is 1.59. The fraction of sp³-hybridized carbons (Fsp3) is 0. The van der Waals surface area contributed by atoms with Gasteiger partial charge in [-0.3, -0.25) is 4.79 Å². The van der Waals surface area contributed by atoms with Gasteiger partial charge in [0.05, 0.1) is 0 Å². The van der Waals surface area contributed by atoms with Gasteiger partial charge >= 0.3 is 0 Å². The first kappa shape index (κ1) is 16.5. The molecule has 122 valence electrons. The molecule has 0 saturated heterocycles. The maximum Gasteiger partial charge on any atom is 0.185 e. The number of hydrogen-bond acceptors (Lipinski definition) is 2. The van der Waals surface area contributed by atoms with Crippen molar-refractivity contribution in [3.05, 3.63) is 114 Å². The summed E-state index contributed by atoms with van der Waals surface area (Å²) in [5.74, 6) is 1.44. The molecule has 0 aliphatic carbocycles. The highest BCUT2D eigenvalue weighted by Crippen LogP contribution is 2.21. The standard InChI is InChI=1S/C23H18O2/c24-23(14-8-7-11-19-9-3-1-4-10-19)20-15-17-22(18-16-20)25-21-12-5-2-6-13-21/h1-18H/b11-7+,14-8+. The zero-order valence-electron chi connectivity index (χ0n) is 13.7. The Hall–Kier alpha value is -3.39. The monoisotopic (exact) mass is 326 g/mol. The normalized spacial score (nSPS) is 11.0. The van der Waals surface area contributed by atoms with Crippen molar-refractivity contribution < 1.29 is 9.53 Å². The molecule has 0 aliphatic rings. The molecule has 2 heteroatoms.